The SMILES string of the molecule is Cc1ccc(COc2ccc3c(c2)C[C@H]2C(C(=O)O)[C@@H]32)cc1-c1cnc2c(ccn2CCCS(C)(=O)=O)c1. The van der Waals surface area contributed by atoms with Crippen molar-refractivity contribution in [2.75, 3.05) is 12.0 Å². The largest absolute Gasteiger partial charge is 0.489 e. The number of rotatable bonds is 9. The van der Waals surface area contributed by atoms with E-state index in [9.17, 15) is 18.3 Å². The summed E-state index contributed by atoms with van der Waals surface area (Å²) in [7, 11) is -2.98. The fourth-order valence-electron chi connectivity index (χ4n) is 5.96. The van der Waals surface area contributed by atoms with E-state index in [1.807, 2.05) is 35.2 Å². The van der Waals surface area contributed by atoms with Crippen LogP contribution < -0.4 is 4.74 Å². The molecule has 2 aliphatic rings. The number of carboxylic acids is 1. The van der Waals surface area contributed by atoms with Crippen molar-refractivity contribution in [1.82, 2.24) is 9.55 Å². The molecule has 1 saturated carbocycles. The van der Waals surface area contributed by atoms with Gasteiger partial charge in [0, 0.05) is 42.1 Å². The normalized spacial score (nSPS) is 19.8. The first-order chi connectivity index (χ1) is 18.2. The first-order valence-electron chi connectivity index (χ1n) is 12.9. The van der Waals surface area contributed by atoms with Gasteiger partial charge in [-0.15, -0.1) is 0 Å². The number of fused-ring (bicyclic) bond motifs is 4. The van der Waals surface area contributed by atoms with Crippen LogP contribution in [0.1, 0.15) is 34.6 Å². The molecule has 6 rings (SSSR count). The fourth-order valence-corrected chi connectivity index (χ4v) is 6.61. The molecule has 4 aromatic rings. The van der Waals surface area contributed by atoms with E-state index in [-0.39, 0.29) is 23.5 Å². The van der Waals surface area contributed by atoms with Crippen LogP contribution in [0.2, 0.25) is 0 Å². The third kappa shape index (κ3) is 4.69. The lowest BCUT2D eigenvalue weighted by atomic mass is 9.99. The molecule has 2 heterocycles. The highest BCUT2D eigenvalue weighted by atomic mass is 32.2. The van der Waals surface area contributed by atoms with Gasteiger partial charge in [0.1, 0.15) is 27.8 Å². The minimum atomic E-state index is -2.98. The molecule has 1 unspecified atom stereocenters. The Labute approximate surface area is 222 Å². The van der Waals surface area contributed by atoms with Crippen molar-refractivity contribution >= 4 is 26.8 Å². The third-order valence-corrected chi connectivity index (χ3v) is 8.95. The Hall–Kier alpha value is -3.65. The maximum atomic E-state index is 11.4. The van der Waals surface area contributed by atoms with Crippen molar-refractivity contribution in [2.24, 2.45) is 11.8 Å². The molecule has 0 spiro atoms. The number of benzene rings is 2. The lowest BCUT2D eigenvalue weighted by Crippen LogP contribution is -2.07. The van der Waals surface area contributed by atoms with Crippen molar-refractivity contribution in [3.8, 4) is 16.9 Å². The number of aromatic nitrogens is 2. The molecule has 7 nitrogen and oxygen atoms in total. The molecular weight excluding hydrogens is 500 g/mol. The van der Waals surface area contributed by atoms with E-state index in [0.29, 0.717) is 19.6 Å². The summed E-state index contributed by atoms with van der Waals surface area (Å²) >= 11 is 0. The number of ether oxygens (including phenoxy) is 1. The molecule has 3 atom stereocenters. The smallest absolute Gasteiger partial charge is 0.307 e. The van der Waals surface area contributed by atoms with Gasteiger partial charge in [-0.3, -0.25) is 4.79 Å². The number of carboxylic acid groups (broad SMARTS) is 1. The molecule has 0 bridgehead atoms. The van der Waals surface area contributed by atoms with Gasteiger partial charge in [-0.25, -0.2) is 13.4 Å². The van der Waals surface area contributed by atoms with Crippen LogP contribution in [-0.2, 0) is 34.2 Å². The zero-order valence-electron chi connectivity index (χ0n) is 21.4. The van der Waals surface area contributed by atoms with Gasteiger partial charge in [0.15, 0.2) is 0 Å². The Kier molecular flexibility index (Phi) is 6.02. The molecule has 1 fully saturated rings. The molecule has 2 aromatic heterocycles. The first kappa shape index (κ1) is 24.7. The summed E-state index contributed by atoms with van der Waals surface area (Å²) in [4.78, 5) is 16.1. The Morgan fingerprint density at radius 2 is 2.00 bits per heavy atom. The Morgan fingerprint density at radius 1 is 1.16 bits per heavy atom. The van der Waals surface area contributed by atoms with Crippen LogP contribution in [0.4, 0.5) is 0 Å². The first-order valence-corrected chi connectivity index (χ1v) is 14.9. The van der Waals surface area contributed by atoms with Gasteiger partial charge in [0.25, 0.3) is 0 Å². The Bertz CT molecular complexity index is 1670. The van der Waals surface area contributed by atoms with Gasteiger partial charge in [-0.05, 0) is 83.8 Å². The number of aryl methyl sites for hydroxylation is 2. The van der Waals surface area contributed by atoms with Crippen molar-refractivity contribution in [2.45, 2.75) is 38.8 Å². The monoisotopic (exact) mass is 530 g/mol. The van der Waals surface area contributed by atoms with E-state index in [4.69, 9.17) is 9.72 Å². The Morgan fingerprint density at radius 3 is 2.79 bits per heavy atom. The summed E-state index contributed by atoms with van der Waals surface area (Å²) < 4.78 is 31.0. The summed E-state index contributed by atoms with van der Waals surface area (Å²) in [5.41, 5.74) is 7.55. The number of sulfone groups is 1. The number of aliphatic carboxylic acids is 1. The fraction of sp³-hybridized carbons (Fsp3) is 0.333. The average molecular weight is 531 g/mol. The molecule has 38 heavy (non-hydrogen) atoms. The highest BCUT2D eigenvalue weighted by Gasteiger charge is 2.59. The predicted molar refractivity (Wildman–Crippen MR) is 146 cm³/mol. The van der Waals surface area contributed by atoms with E-state index in [2.05, 4.69) is 37.3 Å². The van der Waals surface area contributed by atoms with E-state index in [1.54, 1.807) is 0 Å². The minimum absolute atomic E-state index is 0.163. The van der Waals surface area contributed by atoms with Crippen LogP contribution in [0.25, 0.3) is 22.2 Å². The van der Waals surface area contributed by atoms with Crippen LogP contribution in [0.5, 0.6) is 5.75 Å². The molecule has 0 radical (unpaired) electrons. The van der Waals surface area contributed by atoms with Crippen LogP contribution >= 0.6 is 0 Å². The van der Waals surface area contributed by atoms with Gasteiger partial charge in [0.2, 0.25) is 0 Å². The van der Waals surface area contributed by atoms with Crippen molar-refractivity contribution in [3.63, 3.8) is 0 Å². The van der Waals surface area contributed by atoms with Gasteiger partial charge >= 0.3 is 5.97 Å². The summed E-state index contributed by atoms with van der Waals surface area (Å²) in [6.45, 7) is 3.12. The molecule has 1 N–H and O–H groups in total. The van der Waals surface area contributed by atoms with Crippen LogP contribution in [-0.4, -0.2) is 41.1 Å². The maximum Gasteiger partial charge on any atom is 0.307 e. The van der Waals surface area contributed by atoms with Gasteiger partial charge in [-0.1, -0.05) is 18.2 Å². The molecule has 0 amide bonds. The molecule has 8 heteroatoms. The summed E-state index contributed by atoms with van der Waals surface area (Å²) in [6.07, 6.45) is 6.47. The van der Waals surface area contributed by atoms with E-state index in [1.165, 1.54) is 17.4 Å². The average Bonchev–Trinajstić information content (AvgIpc) is 3.25. The summed E-state index contributed by atoms with van der Waals surface area (Å²) in [6, 6.07) is 16.5. The zero-order chi connectivity index (χ0) is 26.6. The molecule has 0 aliphatic heterocycles. The number of carbonyl (C=O) groups is 1. The quantitative estimate of drug-likeness (QED) is 0.327. The standard InChI is InChI=1S/C30H30N2O5S/c1-18-4-5-19(17-37-23-6-7-24-21(14-23)15-26-27(24)28(26)30(33)34)12-25(18)22-13-20-8-10-32(29(20)31-16-22)9-3-11-38(2,35)36/h4-8,10,12-14,16,26-28H,3,9,11,15,17H2,1-2H3,(H,33,34)/t26-,27+,28?/m1/s1. The van der Waals surface area contributed by atoms with Crippen LogP contribution in [0.3, 0.4) is 0 Å². The Balaban J connectivity index is 1.15. The minimum Gasteiger partial charge on any atom is -0.489 e. The van der Waals surface area contributed by atoms with Crippen LogP contribution in [0.15, 0.2) is 60.9 Å². The van der Waals surface area contributed by atoms with E-state index in [0.717, 1.165) is 45.5 Å². The second kappa shape index (κ2) is 9.27. The third-order valence-electron chi connectivity index (χ3n) is 7.92. The second-order valence-electron chi connectivity index (χ2n) is 10.7. The van der Waals surface area contributed by atoms with Crippen molar-refractivity contribution in [3.05, 3.63) is 83.2 Å². The predicted octanol–water partition coefficient (Wildman–Crippen LogP) is 5.00. The van der Waals surface area contributed by atoms with Gasteiger partial charge in [0.05, 0.1) is 11.7 Å². The zero-order valence-corrected chi connectivity index (χ0v) is 22.2. The summed E-state index contributed by atoms with van der Waals surface area (Å²) in [5.74, 6) is 0.486. The van der Waals surface area contributed by atoms with E-state index >= 15 is 0 Å². The lowest BCUT2D eigenvalue weighted by molar-refractivity contribution is -0.139. The van der Waals surface area contributed by atoms with Crippen molar-refractivity contribution in [1.29, 1.82) is 0 Å². The number of pyridine rings is 1. The molecular formula is C30H30N2O5S. The van der Waals surface area contributed by atoms with Gasteiger partial charge in [-0.2, -0.15) is 0 Å². The van der Waals surface area contributed by atoms with Gasteiger partial charge < -0.3 is 14.4 Å². The topological polar surface area (TPSA) is 98.5 Å². The van der Waals surface area contributed by atoms with Crippen LogP contribution in [0, 0.1) is 18.8 Å². The maximum absolute atomic E-state index is 11.4. The molecule has 0 saturated heterocycles. The molecule has 196 valence electrons. The molecule has 2 aliphatic carbocycles. The lowest BCUT2D eigenvalue weighted by Gasteiger charge is -2.13. The summed E-state index contributed by atoms with van der Waals surface area (Å²) in [5, 5.41) is 10.4. The van der Waals surface area contributed by atoms with Crippen molar-refractivity contribution < 1.29 is 23.1 Å². The number of hydrogen-bond acceptors (Lipinski definition) is 5. The molecule has 2 aromatic carbocycles. The van der Waals surface area contributed by atoms with E-state index < -0.39 is 15.8 Å². The second-order valence-corrected chi connectivity index (χ2v) is 12.9. The number of hydrogen-bond donors (Lipinski definition) is 1. The highest BCUT2D eigenvalue weighted by Crippen LogP contribution is 2.61. The number of nitrogens with zero attached hydrogens (tertiary/aromatic N) is 2. The highest BCUT2D eigenvalue weighted by molar-refractivity contribution is 7.90.